The summed E-state index contributed by atoms with van der Waals surface area (Å²) in [6, 6.07) is 0. The first-order valence-corrected chi connectivity index (χ1v) is 6.23. The maximum Gasteiger partial charge on any atom is 0.330 e. The highest BCUT2D eigenvalue weighted by atomic mass is 16.5. The molecule has 110 valence electrons. The Labute approximate surface area is 114 Å². The van der Waals surface area contributed by atoms with Gasteiger partial charge in [-0.1, -0.05) is 12.2 Å². The first kappa shape index (κ1) is 14.7. The van der Waals surface area contributed by atoms with E-state index in [1.165, 1.54) is 16.8 Å². The van der Waals surface area contributed by atoms with Crippen LogP contribution in [0.5, 0.6) is 0 Å². The zero-order valence-electron chi connectivity index (χ0n) is 10.7. The van der Waals surface area contributed by atoms with Crippen molar-refractivity contribution in [3.63, 3.8) is 0 Å². The third kappa shape index (κ3) is 2.88. The van der Waals surface area contributed by atoms with Crippen molar-refractivity contribution < 1.29 is 14.9 Å². The summed E-state index contributed by atoms with van der Waals surface area (Å²) in [5.74, 6) is 0. The molecule has 0 saturated carbocycles. The lowest BCUT2D eigenvalue weighted by molar-refractivity contribution is -0.0459. The van der Waals surface area contributed by atoms with E-state index in [9.17, 15) is 14.7 Å². The van der Waals surface area contributed by atoms with Gasteiger partial charge < -0.3 is 20.7 Å². The molecule has 1 aliphatic rings. The summed E-state index contributed by atoms with van der Waals surface area (Å²) in [5, 5.41) is 18.7. The number of aliphatic hydroxyl groups excluding tert-OH is 2. The zero-order valence-corrected chi connectivity index (χ0v) is 10.7. The van der Waals surface area contributed by atoms with Crippen molar-refractivity contribution in [1.29, 1.82) is 0 Å². The van der Waals surface area contributed by atoms with Crippen LogP contribution in [-0.2, 0) is 4.74 Å². The maximum absolute atomic E-state index is 11.8. The first-order valence-electron chi connectivity index (χ1n) is 6.23. The number of rotatable bonds is 4. The van der Waals surface area contributed by atoms with Gasteiger partial charge in [0.25, 0.3) is 5.56 Å². The molecule has 0 bridgehead atoms. The average molecular weight is 283 g/mol. The van der Waals surface area contributed by atoms with E-state index < -0.39 is 29.7 Å². The van der Waals surface area contributed by atoms with Gasteiger partial charge in [-0.2, -0.15) is 0 Å². The Morgan fingerprint density at radius 3 is 2.90 bits per heavy atom. The molecular weight excluding hydrogens is 266 g/mol. The highest BCUT2D eigenvalue weighted by Crippen LogP contribution is 2.27. The van der Waals surface area contributed by atoms with Crippen molar-refractivity contribution in [3.8, 4) is 0 Å². The van der Waals surface area contributed by atoms with E-state index >= 15 is 0 Å². The fourth-order valence-corrected chi connectivity index (χ4v) is 2.08. The van der Waals surface area contributed by atoms with E-state index in [1.54, 1.807) is 6.08 Å². The van der Waals surface area contributed by atoms with Gasteiger partial charge in [0.15, 0.2) is 0 Å². The van der Waals surface area contributed by atoms with Gasteiger partial charge in [-0.25, -0.2) is 4.79 Å². The van der Waals surface area contributed by atoms with Gasteiger partial charge in [-0.3, -0.25) is 14.3 Å². The fourth-order valence-electron chi connectivity index (χ4n) is 2.08. The summed E-state index contributed by atoms with van der Waals surface area (Å²) in [6.45, 7) is -0.0699. The third-order valence-corrected chi connectivity index (χ3v) is 3.12. The highest BCUT2D eigenvalue weighted by molar-refractivity contribution is 5.46. The molecule has 3 atom stereocenters. The predicted octanol–water partition coefficient (Wildman–Crippen LogP) is -1.85. The highest BCUT2D eigenvalue weighted by Gasteiger charge is 2.35. The number of nitrogens with two attached hydrogens (primary N) is 1. The van der Waals surface area contributed by atoms with Gasteiger partial charge in [0, 0.05) is 19.2 Å². The number of ether oxygens (including phenoxy) is 1. The van der Waals surface area contributed by atoms with E-state index in [4.69, 9.17) is 15.6 Å². The predicted molar refractivity (Wildman–Crippen MR) is 71.0 cm³/mol. The van der Waals surface area contributed by atoms with Crippen molar-refractivity contribution >= 4 is 6.08 Å². The van der Waals surface area contributed by atoms with Crippen LogP contribution in [0.4, 0.5) is 0 Å². The second-order valence-corrected chi connectivity index (χ2v) is 4.50. The molecule has 2 heterocycles. The standard InChI is InChI=1S/C12H17N3O5/c13-3-1-2-7-5-15(12(19)14-11(7)18)10-4-8(17)9(6-16)20-10/h1-2,5,8-10,16-17H,3-4,6,13H2,(H,14,18,19)/b2-1+/t8?,9?,10-/m1/s1. The topological polar surface area (TPSA) is 131 Å². The summed E-state index contributed by atoms with van der Waals surface area (Å²) in [5.41, 5.74) is 4.43. The minimum absolute atomic E-state index is 0.164. The summed E-state index contributed by atoms with van der Waals surface area (Å²) in [6.07, 6.45) is 2.29. The molecular formula is C12H17N3O5. The quantitative estimate of drug-likeness (QED) is 0.513. The molecule has 0 spiro atoms. The number of aromatic amines is 1. The lowest BCUT2D eigenvalue weighted by atomic mass is 10.2. The lowest BCUT2D eigenvalue weighted by Gasteiger charge is -2.14. The number of hydrogen-bond donors (Lipinski definition) is 4. The van der Waals surface area contributed by atoms with Crippen LogP contribution in [0.1, 0.15) is 18.2 Å². The first-order chi connectivity index (χ1) is 9.56. The SMILES string of the molecule is NC/C=C/c1cn([C@H]2CC(O)C(CO)O2)c(=O)[nH]c1=O. The number of nitrogens with one attached hydrogen (secondary N) is 1. The number of nitrogens with zero attached hydrogens (tertiary/aromatic N) is 1. The Hall–Kier alpha value is -1.74. The van der Waals surface area contributed by atoms with E-state index in [0.717, 1.165) is 0 Å². The molecule has 0 aromatic carbocycles. The van der Waals surface area contributed by atoms with E-state index in [-0.39, 0.29) is 25.1 Å². The normalized spacial score (nSPS) is 26.4. The Morgan fingerprint density at radius 1 is 1.55 bits per heavy atom. The van der Waals surface area contributed by atoms with Crippen LogP contribution in [0.3, 0.4) is 0 Å². The monoisotopic (exact) mass is 283 g/mol. The summed E-state index contributed by atoms with van der Waals surface area (Å²) >= 11 is 0. The number of H-pyrrole nitrogens is 1. The van der Waals surface area contributed by atoms with Gasteiger partial charge in [0.1, 0.15) is 12.3 Å². The van der Waals surface area contributed by atoms with Gasteiger partial charge >= 0.3 is 5.69 Å². The minimum atomic E-state index is -0.855. The third-order valence-electron chi connectivity index (χ3n) is 3.12. The summed E-state index contributed by atoms with van der Waals surface area (Å²) in [7, 11) is 0. The number of aliphatic hydroxyl groups is 2. The molecule has 1 saturated heterocycles. The van der Waals surface area contributed by atoms with Crippen LogP contribution < -0.4 is 17.0 Å². The van der Waals surface area contributed by atoms with Crippen LogP contribution in [0.25, 0.3) is 6.08 Å². The van der Waals surface area contributed by atoms with Crippen LogP contribution >= 0.6 is 0 Å². The van der Waals surface area contributed by atoms with E-state index in [1.807, 2.05) is 0 Å². The van der Waals surface area contributed by atoms with Crippen molar-refractivity contribution in [2.45, 2.75) is 24.9 Å². The van der Waals surface area contributed by atoms with Gasteiger partial charge in [0.2, 0.25) is 0 Å². The summed E-state index contributed by atoms with van der Waals surface area (Å²) < 4.78 is 6.57. The van der Waals surface area contributed by atoms with Gasteiger partial charge in [-0.15, -0.1) is 0 Å². The van der Waals surface area contributed by atoms with Crippen LogP contribution in [-0.4, -0.2) is 45.1 Å². The molecule has 8 heteroatoms. The number of hydrogen-bond acceptors (Lipinski definition) is 6. The molecule has 1 aromatic rings. The largest absolute Gasteiger partial charge is 0.394 e. The fraction of sp³-hybridized carbons (Fsp3) is 0.500. The average Bonchev–Trinajstić information content (AvgIpc) is 2.79. The van der Waals surface area contributed by atoms with Crippen molar-refractivity contribution in [2.75, 3.05) is 13.2 Å². The Balaban J connectivity index is 2.35. The second-order valence-electron chi connectivity index (χ2n) is 4.50. The van der Waals surface area contributed by atoms with Crippen molar-refractivity contribution in [3.05, 3.63) is 38.7 Å². The molecule has 1 aromatic heterocycles. The maximum atomic E-state index is 11.8. The van der Waals surface area contributed by atoms with Crippen LogP contribution in [0.15, 0.2) is 21.9 Å². The van der Waals surface area contributed by atoms with Crippen molar-refractivity contribution in [1.82, 2.24) is 9.55 Å². The molecule has 8 nitrogen and oxygen atoms in total. The Kier molecular flexibility index (Phi) is 4.50. The molecule has 1 fully saturated rings. The van der Waals surface area contributed by atoms with E-state index in [0.29, 0.717) is 0 Å². The number of aromatic nitrogens is 2. The molecule has 2 rings (SSSR count). The van der Waals surface area contributed by atoms with Crippen molar-refractivity contribution in [2.24, 2.45) is 5.73 Å². The Bertz CT molecular complexity index is 606. The minimum Gasteiger partial charge on any atom is -0.394 e. The molecule has 0 amide bonds. The van der Waals surface area contributed by atoms with Gasteiger partial charge in [0.05, 0.1) is 18.3 Å². The van der Waals surface area contributed by atoms with E-state index in [2.05, 4.69) is 4.98 Å². The van der Waals surface area contributed by atoms with Gasteiger partial charge in [-0.05, 0) is 0 Å². The zero-order chi connectivity index (χ0) is 14.7. The molecule has 1 aliphatic heterocycles. The second kappa shape index (κ2) is 6.14. The molecule has 20 heavy (non-hydrogen) atoms. The van der Waals surface area contributed by atoms with Crippen LogP contribution in [0.2, 0.25) is 0 Å². The molecule has 2 unspecified atom stereocenters. The lowest BCUT2D eigenvalue weighted by Crippen LogP contribution is -2.33. The summed E-state index contributed by atoms with van der Waals surface area (Å²) in [4.78, 5) is 25.6. The Morgan fingerprint density at radius 2 is 2.30 bits per heavy atom. The molecule has 5 N–H and O–H groups in total. The molecule has 0 aliphatic carbocycles. The smallest absolute Gasteiger partial charge is 0.330 e. The molecule has 0 radical (unpaired) electrons. The van der Waals surface area contributed by atoms with Crippen LogP contribution in [0, 0.1) is 0 Å².